The van der Waals surface area contributed by atoms with E-state index >= 15 is 0 Å². The van der Waals surface area contributed by atoms with E-state index in [1.807, 2.05) is 32.1 Å². The van der Waals surface area contributed by atoms with Gasteiger partial charge in [-0.25, -0.2) is 4.79 Å². The first-order chi connectivity index (χ1) is 26.5. The van der Waals surface area contributed by atoms with Gasteiger partial charge in [-0.3, -0.25) is 14.4 Å². The molecule has 3 rings (SSSR count). The van der Waals surface area contributed by atoms with Crippen LogP contribution in [-0.2, 0) is 33.4 Å². The molecule has 324 valence electrons. The average molecular weight is 805 g/mol. The predicted octanol–water partition coefficient (Wildman–Crippen LogP) is 5.06. The minimum Gasteiger partial charge on any atom is -0.458 e. The molecule has 16 unspecified atom stereocenters. The highest BCUT2D eigenvalue weighted by Crippen LogP contribution is 2.47. The number of carbonyl (C=O) groups is 4. The first-order valence-corrected chi connectivity index (χ1v) is 21.1. The molecular weight excluding hydrogens is 732 g/mol. The Bertz CT molecular complexity index is 1470. The number of Topliss-reactive ketones (excluding diaryl/α,β-unsaturated/α-hetero) is 3. The Morgan fingerprint density at radius 1 is 0.842 bits per heavy atom. The summed E-state index contributed by atoms with van der Waals surface area (Å²) in [6.07, 6.45) is 6.53. The zero-order valence-corrected chi connectivity index (χ0v) is 36.0. The molecule has 0 radical (unpaired) electrons. The summed E-state index contributed by atoms with van der Waals surface area (Å²) >= 11 is 0. The monoisotopic (exact) mass is 805 g/mol. The van der Waals surface area contributed by atoms with Crippen molar-refractivity contribution in [1.29, 1.82) is 0 Å². The zero-order chi connectivity index (χ0) is 43.2. The Morgan fingerprint density at radius 2 is 1.47 bits per heavy atom. The van der Waals surface area contributed by atoms with Gasteiger partial charge in [0.15, 0.2) is 11.6 Å². The van der Waals surface area contributed by atoms with E-state index < -0.39 is 107 Å². The number of ether oxygens (including phenoxy) is 3. The Balaban J connectivity index is 2.02. The van der Waals surface area contributed by atoms with Crippen molar-refractivity contribution in [1.82, 2.24) is 0 Å². The Kier molecular flexibility index (Phi) is 17.6. The molecule has 5 N–H and O–H groups in total. The predicted molar refractivity (Wildman–Crippen MR) is 215 cm³/mol. The molecule has 3 aliphatic rings. The van der Waals surface area contributed by atoms with Crippen LogP contribution >= 0.6 is 0 Å². The first kappa shape index (κ1) is 48.8. The molecule has 0 amide bonds. The Morgan fingerprint density at radius 3 is 2.09 bits per heavy atom. The molecule has 3 heterocycles. The van der Waals surface area contributed by atoms with Crippen molar-refractivity contribution in [3.8, 4) is 0 Å². The van der Waals surface area contributed by atoms with Crippen LogP contribution in [0, 0.1) is 53.3 Å². The third-order valence-corrected chi connectivity index (χ3v) is 13.2. The van der Waals surface area contributed by atoms with Crippen LogP contribution in [0.3, 0.4) is 0 Å². The summed E-state index contributed by atoms with van der Waals surface area (Å²) in [5.41, 5.74) is -2.21. The summed E-state index contributed by atoms with van der Waals surface area (Å²) in [6, 6.07) is 0. The number of esters is 1. The van der Waals surface area contributed by atoms with Gasteiger partial charge in [0.2, 0.25) is 5.79 Å². The Labute approximate surface area is 340 Å². The van der Waals surface area contributed by atoms with Crippen LogP contribution in [0.15, 0.2) is 36.5 Å². The van der Waals surface area contributed by atoms with E-state index in [4.69, 9.17) is 14.2 Å². The second-order valence-electron chi connectivity index (χ2n) is 17.9. The molecule has 18 atom stereocenters. The molecule has 12 nitrogen and oxygen atoms in total. The standard InChI is InChI=1S/C45H72O12/c1-12-33-17-15-13-14-16-25(3)42(52)44(11,54)43(53)31(9)40(51)30(8)39(50)29(7)38(49)24(2)18-21-37(48)55-41-28(6)34(20-19-33)56-45(32(41)10)36(47)22-26(4)35(57-45)23-27(5)46/h13-15,17-18,21,24-35,38,40-42,46,49,51-52,54H,12,16,19-20,22-23H2,1-11H3/t24?,25?,26?,27?,28?,29?,30?,31?,32?,33?,34?,35?,38?,40?,41?,42?,44-,45-/m0/s1. The molecule has 2 bridgehead atoms. The maximum atomic E-state index is 14.0. The molecule has 0 aromatic heterocycles. The lowest BCUT2D eigenvalue weighted by molar-refractivity contribution is -0.344. The van der Waals surface area contributed by atoms with Gasteiger partial charge in [-0.2, -0.15) is 0 Å². The molecular formula is C45H72O12. The van der Waals surface area contributed by atoms with Gasteiger partial charge in [0, 0.05) is 42.1 Å². The highest BCUT2D eigenvalue weighted by atomic mass is 16.7. The summed E-state index contributed by atoms with van der Waals surface area (Å²) < 4.78 is 19.4. The van der Waals surface area contributed by atoms with Gasteiger partial charge in [-0.05, 0) is 63.7 Å². The second kappa shape index (κ2) is 20.6. The normalized spacial score (nSPS) is 44.5. The first-order valence-electron chi connectivity index (χ1n) is 21.1. The van der Waals surface area contributed by atoms with Crippen molar-refractivity contribution in [3.05, 3.63) is 36.5 Å². The SMILES string of the molecule is CCC1C=CC=CCC(C)C(O)[C@](C)(O)C(=O)C(C)C(O)C(C)C(=O)C(C)C(O)C(C)C=CC(=O)OC2C(C)C(CC1)O[C@]1(OC(CC(C)O)C(C)CC1=O)C2C. The minimum atomic E-state index is -2.21. The number of aliphatic hydroxyl groups is 5. The molecule has 0 aliphatic carbocycles. The van der Waals surface area contributed by atoms with E-state index in [1.165, 1.54) is 39.8 Å². The molecule has 2 saturated heterocycles. The van der Waals surface area contributed by atoms with E-state index in [0.717, 1.165) is 6.42 Å². The van der Waals surface area contributed by atoms with Crippen LogP contribution in [0.1, 0.15) is 115 Å². The summed E-state index contributed by atoms with van der Waals surface area (Å²) in [4.78, 5) is 54.5. The van der Waals surface area contributed by atoms with Gasteiger partial charge in [0.25, 0.3) is 0 Å². The number of hydrogen-bond donors (Lipinski definition) is 5. The smallest absolute Gasteiger partial charge is 0.330 e. The summed E-state index contributed by atoms with van der Waals surface area (Å²) in [6.45, 7) is 18.3. The zero-order valence-electron chi connectivity index (χ0n) is 36.0. The maximum Gasteiger partial charge on any atom is 0.330 e. The van der Waals surface area contributed by atoms with Crippen LogP contribution in [0.2, 0.25) is 0 Å². The van der Waals surface area contributed by atoms with Crippen LogP contribution in [0.4, 0.5) is 0 Å². The molecule has 12 heteroatoms. The third kappa shape index (κ3) is 11.4. The molecule has 1 spiro atoms. The van der Waals surface area contributed by atoms with Gasteiger partial charge >= 0.3 is 5.97 Å². The highest BCUT2D eigenvalue weighted by molar-refractivity contribution is 5.91. The van der Waals surface area contributed by atoms with Crippen molar-refractivity contribution in [2.24, 2.45) is 53.3 Å². The Hall–Kier alpha value is -2.58. The van der Waals surface area contributed by atoms with Crippen molar-refractivity contribution in [3.63, 3.8) is 0 Å². The van der Waals surface area contributed by atoms with E-state index in [0.29, 0.717) is 25.7 Å². The number of rotatable bonds is 3. The van der Waals surface area contributed by atoms with Crippen LogP contribution in [0.5, 0.6) is 0 Å². The largest absolute Gasteiger partial charge is 0.458 e. The maximum absolute atomic E-state index is 14.0. The number of ketones is 3. The number of hydrogen-bond acceptors (Lipinski definition) is 12. The number of carbonyl (C=O) groups excluding carboxylic acids is 4. The molecule has 57 heavy (non-hydrogen) atoms. The summed E-state index contributed by atoms with van der Waals surface area (Å²) in [7, 11) is 0. The number of fused-ring (bicyclic) bond motifs is 2. The van der Waals surface area contributed by atoms with Gasteiger partial charge in [-0.15, -0.1) is 0 Å². The van der Waals surface area contributed by atoms with E-state index in [1.54, 1.807) is 27.7 Å². The number of aliphatic hydroxyl groups excluding tert-OH is 4. The topological polar surface area (TPSA) is 197 Å². The van der Waals surface area contributed by atoms with Gasteiger partial charge in [-0.1, -0.05) is 92.7 Å². The highest BCUT2D eigenvalue weighted by Gasteiger charge is 2.61. The van der Waals surface area contributed by atoms with Crippen molar-refractivity contribution >= 4 is 23.3 Å². The molecule has 3 aliphatic heterocycles. The lowest BCUT2D eigenvalue weighted by Crippen LogP contribution is -2.66. The average Bonchev–Trinajstić information content (AvgIpc) is 3.16. The van der Waals surface area contributed by atoms with Crippen molar-refractivity contribution in [2.75, 3.05) is 0 Å². The van der Waals surface area contributed by atoms with Crippen molar-refractivity contribution in [2.45, 2.75) is 169 Å². The van der Waals surface area contributed by atoms with E-state index in [-0.39, 0.29) is 30.0 Å². The van der Waals surface area contributed by atoms with Gasteiger partial charge in [0.1, 0.15) is 17.5 Å². The second-order valence-corrected chi connectivity index (χ2v) is 17.9. The molecule has 0 aromatic carbocycles. The third-order valence-electron chi connectivity index (χ3n) is 13.2. The summed E-state index contributed by atoms with van der Waals surface area (Å²) in [5, 5.41) is 55.0. The molecule has 0 aromatic rings. The van der Waals surface area contributed by atoms with Gasteiger partial charge < -0.3 is 39.7 Å². The van der Waals surface area contributed by atoms with E-state index in [9.17, 15) is 44.7 Å². The lowest BCUT2D eigenvalue weighted by Gasteiger charge is -2.54. The van der Waals surface area contributed by atoms with Gasteiger partial charge in [0.05, 0.1) is 42.5 Å². The fraction of sp³-hybridized carbons (Fsp3) is 0.778. The van der Waals surface area contributed by atoms with Crippen LogP contribution < -0.4 is 0 Å². The van der Waals surface area contributed by atoms with Crippen molar-refractivity contribution < 1.29 is 58.9 Å². The molecule has 0 saturated carbocycles. The minimum absolute atomic E-state index is 0.132. The summed E-state index contributed by atoms with van der Waals surface area (Å²) in [5.74, 6) is -9.55. The fourth-order valence-corrected chi connectivity index (χ4v) is 8.91. The molecule has 2 fully saturated rings. The quantitative estimate of drug-likeness (QED) is 0.238. The number of allylic oxidation sites excluding steroid dienone is 4. The van der Waals surface area contributed by atoms with Crippen LogP contribution in [0.25, 0.3) is 0 Å². The van der Waals surface area contributed by atoms with Crippen LogP contribution in [-0.4, -0.2) is 103 Å². The lowest BCUT2D eigenvalue weighted by atomic mass is 9.74. The fourth-order valence-electron chi connectivity index (χ4n) is 8.91. The van der Waals surface area contributed by atoms with E-state index in [2.05, 4.69) is 13.0 Å².